The molecule has 1 atom stereocenters. The van der Waals surface area contributed by atoms with Crippen molar-refractivity contribution in [3.8, 4) is 28.3 Å². The summed E-state index contributed by atoms with van der Waals surface area (Å²) < 4.78 is 36.1. The van der Waals surface area contributed by atoms with Crippen LogP contribution in [0.2, 0.25) is 5.02 Å². The fraction of sp³-hybridized carbons (Fsp3) is 0.242. The first-order valence-corrected chi connectivity index (χ1v) is 16.6. The van der Waals surface area contributed by atoms with E-state index in [0.717, 1.165) is 34.0 Å². The van der Waals surface area contributed by atoms with Crippen molar-refractivity contribution in [1.82, 2.24) is 33.7 Å². The number of anilines is 1. The van der Waals surface area contributed by atoms with Gasteiger partial charge in [-0.3, -0.25) is 4.98 Å². The first-order valence-electron chi connectivity index (χ1n) is 14.8. The minimum Gasteiger partial charge on any atom is -0.377 e. The molecule has 0 bridgehead atoms. The Morgan fingerprint density at radius 1 is 1.00 bits per heavy atom. The van der Waals surface area contributed by atoms with Crippen LogP contribution in [0, 0.1) is 20.8 Å². The van der Waals surface area contributed by atoms with Gasteiger partial charge in [0.25, 0.3) is 10.0 Å². The molecule has 0 amide bonds. The van der Waals surface area contributed by atoms with Gasteiger partial charge in [0.2, 0.25) is 0 Å². The maximum absolute atomic E-state index is 13.7. The quantitative estimate of drug-likeness (QED) is 0.220. The van der Waals surface area contributed by atoms with Crippen LogP contribution in [0.15, 0.2) is 78.2 Å². The SMILES string of the molecule is Cc1ccc(S(=O)(=O)n2ccc3c(-c4nc(-c5c(C)nn(-c6cncc(Cl)c6)c5C)cc(N5CCOC[C@H]5C)n4)ccnc32)cc1. The molecule has 11 nitrogen and oxygen atoms in total. The average molecular weight is 655 g/mol. The third-order valence-corrected chi connectivity index (χ3v) is 10.1. The molecule has 7 rings (SSSR count). The Morgan fingerprint density at radius 3 is 2.57 bits per heavy atom. The van der Waals surface area contributed by atoms with Crippen molar-refractivity contribution in [3.63, 3.8) is 0 Å². The summed E-state index contributed by atoms with van der Waals surface area (Å²) in [6.07, 6.45) is 6.42. The number of ether oxygens (including phenoxy) is 1. The Morgan fingerprint density at radius 2 is 1.80 bits per heavy atom. The molecule has 0 unspecified atom stereocenters. The summed E-state index contributed by atoms with van der Waals surface area (Å²) in [4.78, 5) is 21.2. The minimum absolute atomic E-state index is 0.0880. The molecule has 5 aromatic heterocycles. The zero-order chi connectivity index (χ0) is 32.2. The van der Waals surface area contributed by atoms with Crippen molar-refractivity contribution in [2.75, 3.05) is 24.7 Å². The molecule has 6 aromatic rings. The number of rotatable bonds is 6. The molecule has 0 radical (unpaired) electrons. The highest BCUT2D eigenvalue weighted by Gasteiger charge is 2.26. The predicted molar refractivity (Wildman–Crippen MR) is 177 cm³/mol. The number of hydrogen-bond acceptors (Lipinski definition) is 9. The smallest absolute Gasteiger partial charge is 0.269 e. The lowest BCUT2D eigenvalue weighted by Crippen LogP contribution is -2.44. The van der Waals surface area contributed by atoms with E-state index in [0.29, 0.717) is 52.9 Å². The van der Waals surface area contributed by atoms with Crippen LogP contribution >= 0.6 is 11.6 Å². The molecule has 13 heteroatoms. The van der Waals surface area contributed by atoms with Gasteiger partial charge in [-0.25, -0.2) is 32.0 Å². The summed E-state index contributed by atoms with van der Waals surface area (Å²) >= 11 is 6.25. The fourth-order valence-electron chi connectivity index (χ4n) is 5.91. The summed E-state index contributed by atoms with van der Waals surface area (Å²) in [6, 6.07) is 14.2. The molecule has 0 spiro atoms. The van der Waals surface area contributed by atoms with Gasteiger partial charge in [-0.2, -0.15) is 5.10 Å². The molecule has 1 aliphatic rings. The van der Waals surface area contributed by atoms with E-state index in [9.17, 15) is 8.42 Å². The normalized spacial score (nSPS) is 15.5. The molecule has 6 heterocycles. The molecule has 1 aromatic carbocycles. The van der Waals surface area contributed by atoms with Gasteiger partial charge in [0.15, 0.2) is 11.5 Å². The fourth-order valence-corrected chi connectivity index (χ4v) is 7.38. The average Bonchev–Trinajstić information content (AvgIpc) is 3.62. The molecule has 0 N–H and O–H groups in total. The van der Waals surface area contributed by atoms with Crippen LogP contribution in [-0.4, -0.2) is 67.9 Å². The van der Waals surface area contributed by atoms with Crippen molar-refractivity contribution in [2.45, 2.75) is 38.6 Å². The molecular weight excluding hydrogens is 624 g/mol. The topological polar surface area (TPSA) is 121 Å². The summed E-state index contributed by atoms with van der Waals surface area (Å²) in [5.74, 6) is 1.18. The summed E-state index contributed by atoms with van der Waals surface area (Å²) in [6.45, 7) is 9.76. The van der Waals surface area contributed by atoms with Crippen LogP contribution in [0.3, 0.4) is 0 Å². The Hall–Kier alpha value is -4.65. The molecule has 46 heavy (non-hydrogen) atoms. The van der Waals surface area contributed by atoms with Gasteiger partial charge in [-0.1, -0.05) is 29.3 Å². The maximum atomic E-state index is 13.7. The Kier molecular flexibility index (Phi) is 7.58. The van der Waals surface area contributed by atoms with Gasteiger partial charge in [-0.05, 0) is 58.0 Å². The number of benzene rings is 1. The highest BCUT2D eigenvalue weighted by Crippen LogP contribution is 2.35. The first-order chi connectivity index (χ1) is 22.1. The van der Waals surface area contributed by atoms with Gasteiger partial charge in [0.05, 0.1) is 58.1 Å². The van der Waals surface area contributed by atoms with Crippen LogP contribution in [0.25, 0.3) is 39.4 Å². The van der Waals surface area contributed by atoms with E-state index < -0.39 is 10.0 Å². The van der Waals surface area contributed by atoms with Crippen molar-refractivity contribution in [2.24, 2.45) is 0 Å². The lowest BCUT2D eigenvalue weighted by molar-refractivity contribution is 0.0985. The largest absolute Gasteiger partial charge is 0.377 e. The highest BCUT2D eigenvalue weighted by molar-refractivity contribution is 7.90. The van der Waals surface area contributed by atoms with E-state index >= 15 is 0 Å². The standard InChI is InChI=1S/C33H31ClN8O3S/c1-20-5-7-26(8-6-20)46(43,44)41-12-10-28-27(9-11-36-33(28)41)32-37-29(16-30(38-32)40-13-14-45-19-21(40)2)31-22(3)39-42(23(31)4)25-15-24(34)17-35-18-25/h5-12,15-18,21H,13-14,19H2,1-4H3/t21-/m1/s1. The number of aryl methyl sites for hydroxylation is 2. The second kappa shape index (κ2) is 11.6. The third-order valence-electron chi connectivity index (χ3n) is 8.23. The second-order valence-electron chi connectivity index (χ2n) is 11.4. The first kappa shape index (κ1) is 30.0. The van der Waals surface area contributed by atoms with E-state index in [1.54, 1.807) is 48.9 Å². The van der Waals surface area contributed by atoms with Crippen LogP contribution in [0.1, 0.15) is 23.9 Å². The van der Waals surface area contributed by atoms with Gasteiger partial charge in [0, 0.05) is 47.7 Å². The predicted octanol–water partition coefficient (Wildman–Crippen LogP) is 5.78. The highest BCUT2D eigenvalue weighted by atomic mass is 35.5. The summed E-state index contributed by atoms with van der Waals surface area (Å²) in [5, 5.41) is 5.94. The van der Waals surface area contributed by atoms with Gasteiger partial charge >= 0.3 is 0 Å². The van der Waals surface area contributed by atoms with Gasteiger partial charge in [0.1, 0.15) is 5.82 Å². The molecule has 0 aliphatic carbocycles. The summed E-state index contributed by atoms with van der Waals surface area (Å²) in [7, 11) is -3.89. The van der Waals surface area contributed by atoms with Crippen LogP contribution in [0.4, 0.5) is 5.82 Å². The number of halogens is 1. The van der Waals surface area contributed by atoms with Crippen molar-refractivity contribution in [1.29, 1.82) is 0 Å². The van der Waals surface area contributed by atoms with E-state index in [2.05, 4.69) is 21.8 Å². The minimum atomic E-state index is -3.89. The van der Waals surface area contributed by atoms with Gasteiger partial charge in [-0.15, -0.1) is 0 Å². The second-order valence-corrected chi connectivity index (χ2v) is 13.6. The van der Waals surface area contributed by atoms with E-state index in [1.807, 2.05) is 43.7 Å². The molecule has 1 saturated heterocycles. The number of hydrogen-bond donors (Lipinski definition) is 0. The molecule has 234 valence electrons. The van der Waals surface area contributed by atoms with E-state index in [-0.39, 0.29) is 10.9 Å². The number of pyridine rings is 2. The molecule has 0 saturated carbocycles. The number of fused-ring (bicyclic) bond motifs is 1. The summed E-state index contributed by atoms with van der Waals surface area (Å²) in [5.41, 5.74) is 5.85. The zero-order valence-electron chi connectivity index (χ0n) is 25.7. The monoisotopic (exact) mass is 654 g/mol. The Labute approximate surface area is 271 Å². The molecule has 1 aliphatic heterocycles. The van der Waals surface area contributed by atoms with Crippen molar-refractivity contribution < 1.29 is 13.2 Å². The van der Waals surface area contributed by atoms with Crippen molar-refractivity contribution >= 4 is 38.5 Å². The Balaban J connectivity index is 1.41. The molecular formula is C33H31ClN8O3S. The number of morpholine rings is 1. The van der Waals surface area contributed by atoms with Crippen molar-refractivity contribution in [3.05, 3.63) is 95.3 Å². The Bertz CT molecular complexity index is 2210. The third kappa shape index (κ3) is 5.21. The van der Waals surface area contributed by atoms with Gasteiger partial charge < -0.3 is 9.64 Å². The van der Waals surface area contributed by atoms with E-state index in [1.165, 1.54) is 10.2 Å². The van der Waals surface area contributed by atoms with Crippen LogP contribution < -0.4 is 4.90 Å². The maximum Gasteiger partial charge on any atom is 0.269 e. The lowest BCUT2D eigenvalue weighted by Gasteiger charge is -2.34. The van der Waals surface area contributed by atoms with E-state index in [4.69, 9.17) is 31.4 Å². The number of nitrogens with zero attached hydrogens (tertiary/aromatic N) is 8. The zero-order valence-corrected chi connectivity index (χ0v) is 27.3. The number of aromatic nitrogens is 7. The van der Waals surface area contributed by atoms with Crippen LogP contribution in [-0.2, 0) is 14.8 Å². The van der Waals surface area contributed by atoms with Crippen LogP contribution in [0.5, 0.6) is 0 Å². The lowest BCUT2D eigenvalue weighted by atomic mass is 10.1. The molecule has 1 fully saturated rings.